The van der Waals surface area contributed by atoms with Gasteiger partial charge in [0.15, 0.2) is 0 Å². The minimum Gasteiger partial charge on any atom is -1.00 e. The second-order valence-corrected chi connectivity index (χ2v) is 1.65. The second-order valence-electron chi connectivity index (χ2n) is 1.11. The van der Waals surface area contributed by atoms with Crippen LogP contribution in [0.15, 0.2) is 0 Å². The molecule has 0 heterocycles. The Hall–Kier alpha value is 0.720. The van der Waals surface area contributed by atoms with Crippen LogP contribution in [0.1, 0.15) is 1.43 Å². The fourth-order valence-electron chi connectivity index (χ4n) is 0.182. The van der Waals surface area contributed by atoms with E-state index < -0.39 is 11.9 Å². The Kier molecular flexibility index (Phi) is 10.4. The zero-order chi connectivity index (χ0) is 7.28. The van der Waals surface area contributed by atoms with Gasteiger partial charge in [0, 0.05) is 0 Å². The predicted octanol–water partition coefficient (Wildman–Crippen LogP) is -2.35. The van der Waals surface area contributed by atoms with Crippen LogP contribution in [0.4, 0.5) is 0 Å². The van der Waals surface area contributed by atoms with E-state index in [4.69, 9.17) is 23.2 Å². The first-order valence-corrected chi connectivity index (χ1v) is 3.13. The third kappa shape index (κ3) is 6.83. The molecule has 54 valence electrons. The average molecular weight is 195 g/mol. The molecule has 0 rings (SSSR count). The van der Waals surface area contributed by atoms with E-state index >= 15 is 0 Å². The van der Waals surface area contributed by atoms with Gasteiger partial charge in [-0.1, -0.05) is 0 Å². The van der Waals surface area contributed by atoms with Crippen molar-refractivity contribution in [3.05, 3.63) is 0 Å². The van der Waals surface area contributed by atoms with Crippen molar-refractivity contribution >= 4 is 35.1 Å². The number of alkyl halides is 2. The molecule has 0 aliphatic rings. The van der Waals surface area contributed by atoms with Crippen LogP contribution in [0, 0.1) is 0 Å². The zero-order valence-corrected chi connectivity index (χ0v) is 8.91. The molecule has 0 aliphatic heterocycles. The summed E-state index contributed by atoms with van der Waals surface area (Å²) in [5, 5.41) is 0. The van der Waals surface area contributed by atoms with E-state index in [1.165, 1.54) is 0 Å². The molecule has 0 saturated carbocycles. The zero-order valence-electron chi connectivity index (χ0n) is 6.39. The third-order valence-electron chi connectivity index (χ3n) is 0.446. The Morgan fingerprint density at radius 3 is 1.70 bits per heavy atom. The maximum atomic E-state index is 10.1. The Morgan fingerprint density at radius 1 is 1.20 bits per heavy atom. The van der Waals surface area contributed by atoms with E-state index in [9.17, 15) is 9.59 Å². The molecule has 0 amide bonds. The molecule has 0 bridgehead atoms. The SMILES string of the molecule is O=C(CCl)OC(=O)CCl.[H-].[Na+]. The van der Waals surface area contributed by atoms with Crippen molar-refractivity contribution in [3.8, 4) is 0 Å². The maximum Gasteiger partial charge on any atom is 1.00 e. The molecule has 0 atom stereocenters. The van der Waals surface area contributed by atoms with Gasteiger partial charge >= 0.3 is 41.5 Å². The van der Waals surface area contributed by atoms with Crippen LogP contribution in [0.2, 0.25) is 0 Å². The summed E-state index contributed by atoms with van der Waals surface area (Å²) in [6.07, 6.45) is 0. The van der Waals surface area contributed by atoms with Crippen molar-refractivity contribution in [2.45, 2.75) is 0 Å². The Bertz CT molecular complexity index is 119. The summed E-state index contributed by atoms with van der Waals surface area (Å²) in [5.74, 6) is -2.21. The van der Waals surface area contributed by atoms with Crippen molar-refractivity contribution in [1.29, 1.82) is 0 Å². The van der Waals surface area contributed by atoms with Gasteiger partial charge < -0.3 is 6.16 Å². The number of esters is 2. The van der Waals surface area contributed by atoms with Crippen LogP contribution < -0.4 is 29.6 Å². The summed E-state index contributed by atoms with van der Waals surface area (Å²) in [6, 6.07) is 0. The number of carbonyl (C=O) groups is 2. The van der Waals surface area contributed by atoms with Gasteiger partial charge in [-0.3, -0.25) is 9.59 Å². The molecular formula is C4H5Cl2NaO3. The van der Waals surface area contributed by atoms with E-state index in [-0.39, 0.29) is 42.7 Å². The molecule has 0 spiro atoms. The molecule has 0 N–H and O–H groups in total. The summed E-state index contributed by atoms with van der Waals surface area (Å²) in [4.78, 5) is 20.3. The minimum absolute atomic E-state index is 0. The summed E-state index contributed by atoms with van der Waals surface area (Å²) in [6.45, 7) is 0. The van der Waals surface area contributed by atoms with E-state index in [0.29, 0.717) is 0 Å². The van der Waals surface area contributed by atoms with Crippen LogP contribution in [0.25, 0.3) is 0 Å². The first-order chi connectivity index (χ1) is 4.20. The van der Waals surface area contributed by atoms with Crippen molar-refractivity contribution < 1.29 is 45.3 Å². The summed E-state index contributed by atoms with van der Waals surface area (Å²) < 4.78 is 4.01. The van der Waals surface area contributed by atoms with Gasteiger partial charge in [0.2, 0.25) is 0 Å². The Morgan fingerprint density at radius 2 is 1.50 bits per heavy atom. The molecule has 6 heteroatoms. The van der Waals surface area contributed by atoms with Crippen molar-refractivity contribution in [1.82, 2.24) is 0 Å². The van der Waals surface area contributed by atoms with Crippen molar-refractivity contribution in [2.24, 2.45) is 0 Å². The van der Waals surface area contributed by atoms with Crippen molar-refractivity contribution in [2.75, 3.05) is 11.8 Å². The van der Waals surface area contributed by atoms with E-state index in [1.807, 2.05) is 0 Å². The molecule has 0 aliphatic carbocycles. The smallest absolute Gasteiger partial charge is 1.00 e. The standard InChI is InChI=1S/C4H4Cl2O3.Na.H/c5-1-3(7)9-4(8)2-6;;/h1-2H2;;/q;+1;-1. The van der Waals surface area contributed by atoms with Crippen LogP contribution >= 0.6 is 23.2 Å². The monoisotopic (exact) mass is 194 g/mol. The third-order valence-corrected chi connectivity index (χ3v) is 0.882. The van der Waals surface area contributed by atoms with Gasteiger partial charge in [-0.15, -0.1) is 23.2 Å². The molecular weight excluding hydrogens is 190 g/mol. The number of ether oxygens (including phenoxy) is 1. The normalized spacial score (nSPS) is 7.80. The molecule has 0 aromatic heterocycles. The van der Waals surface area contributed by atoms with Gasteiger partial charge in [0.25, 0.3) is 0 Å². The minimum atomic E-state index is -0.776. The summed E-state index contributed by atoms with van der Waals surface area (Å²) in [5.41, 5.74) is 0. The first kappa shape index (κ1) is 13.3. The maximum absolute atomic E-state index is 10.1. The molecule has 0 aromatic carbocycles. The average Bonchev–Trinajstić information content (AvgIpc) is 1.87. The molecule has 0 fully saturated rings. The van der Waals surface area contributed by atoms with Gasteiger partial charge in [-0.05, 0) is 0 Å². The molecule has 0 radical (unpaired) electrons. The quantitative estimate of drug-likeness (QED) is 0.214. The number of hydrogen-bond donors (Lipinski definition) is 0. The number of hydrogen-bond acceptors (Lipinski definition) is 3. The molecule has 3 nitrogen and oxygen atoms in total. The van der Waals surface area contributed by atoms with Gasteiger partial charge in [-0.2, -0.15) is 0 Å². The van der Waals surface area contributed by atoms with Crippen LogP contribution in [-0.2, 0) is 14.3 Å². The fraction of sp³-hybridized carbons (Fsp3) is 0.500. The Balaban J connectivity index is -0.000000320. The van der Waals surface area contributed by atoms with Crippen LogP contribution in [0.3, 0.4) is 0 Å². The largest absolute Gasteiger partial charge is 1.00 e. The summed E-state index contributed by atoms with van der Waals surface area (Å²) in [7, 11) is 0. The predicted molar refractivity (Wildman–Crippen MR) is 33.7 cm³/mol. The molecule has 10 heavy (non-hydrogen) atoms. The van der Waals surface area contributed by atoms with Crippen LogP contribution in [-0.4, -0.2) is 23.7 Å². The number of carbonyl (C=O) groups excluding carboxylic acids is 2. The molecule has 0 unspecified atom stereocenters. The van der Waals surface area contributed by atoms with Gasteiger partial charge in [-0.25, -0.2) is 0 Å². The van der Waals surface area contributed by atoms with Gasteiger partial charge in [0.1, 0.15) is 11.8 Å². The Labute approximate surface area is 91.8 Å². The first-order valence-electron chi connectivity index (χ1n) is 2.06. The van der Waals surface area contributed by atoms with Crippen LogP contribution in [0.5, 0.6) is 0 Å². The van der Waals surface area contributed by atoms with Crippen molar-refractivity contribution in [3.63, 3.8) is 0 Å². The second kappa shape index (κ2) is 7.82. The van der Waals surface area contributed by atoms with E-state index in [2.05, 4.69) is 4.74 Å². The van der Waals surface area contributed by atoms with Gasteiger partial charge in [0.05, 0.1) is 0 Å². The number of halogens is 2. The van der Waals surface area contributed by atoms with E-state index in [1.54, 1.807) is 0 Å². The molecule has 0 saturated heterocycles. The van der Waals surface area contributed by atoms with E-state index in [0.717, 1.165) is 0 Å². The fourth-order valence-corrected chi connectivity index (χ4v) is 0.291. The molecule has 0 aromatic rings. The number of rotatable bonds is 2. The summed E-state index contributed by atoms with van der Waals surface area (Å²) >= 11 is 9.97. The topological polar surface area (TPSA) is 43.4 Å².